The molecule has 0 aromatic heterocycles. The molecule has 1 heterocycles. The summed E-state index contributed by atoms with van der Waals surface area (Å²) in [7, 11) is 0. The van der Waals surface area contributed by atoms with Gasteiger partial charge in [0.2, 0.25) is 0 Å². The highest BCUT2D eigenvalue weighted by molar-refractivity contribution is 5.74. The lowest BCUT2D eigenvalue weighted by Gasteiger charge is -2.28. The molecule has 1 aliphatic heterocycles. The predicted octanol–water partition coefficient (Wildman–Crippen LogP) is 5.44. The van der Waals surface area contributed by atoms with E-state index in [0.29, 0.717) is 13.1 Å². The number of amides is 2. The second-order valence-electron chi connectivity index (χ2n) is 9.28. The van der Waals surface area contributed by atoms with Gasteiger partial charge in [-0.25, -0.2) is 4.79 Å². The van der Waals surface area contributed by atoms with Gasteiger partial charge in [0.05, 0.1) is 13.2 Å². The van der Waals surface area contributed by atoms with E-state index >= 15 is 0 Å². The summed E-state index contributed by atoms with van der Waals surface area (Å²) in [6, 6.07) is 29.0. The Morgan fingerprint density at radius 1 is 0.763 bits per heavy atom. The monoisotopic (exact) mass is 516 g/mol. The first-order valence-electron chi connectivity index (χ1n) is 14.0. The molecule has 0 atom stereocenters. The fourth-order valence-electron chi connectivity index (χ4n) is 4.38. The number of hydrogen-bond donors (Lipinski definition) is 2. The lowest BCUT2D eigenvalue weighted by atomic mass is 10.1. The van der Waals surface area contributed by atoms with Crippen molar-refractivity contribution < 1.29 is 9.53 Å². The molecule has 0 aliphatic carbocycles. The number of rotatable bonds is 12. The van der Waals surface area contributed by atoms with Gasteiger partial charge >= 0.3 is 6.03 Å². The van der Waals surface area contributed by atoms with Crippen LogP contribution >= 0.6 is 0 Å². The number of carbonyl (C=O) groups is 1. The van der Waals surface area contributed by atoms with Crippen molar-refractivity contribution in [1.82, 2.24) is 20.4 Å². The molecule has 1 aliphatic rings. The van der Waals surface area contributed by atoms with Gasteiger partial charge in [0.25, 0.3) is 0 Å². The van der Waals surface area contributed by atoms with Crippen LogP contribution in [0.5, 0.6) is 0 Å². The van der Waals surface area contributed by atoms with E-state index in [1.54, 1.807) is 0 Å². The Hall–Kier alpha value is -3.19. The Morgan fingerprint density at radius 2 is 1.29 bits per heavy atom. The van der Waals surface area contributed by atoms with E-state index in [4.69, 9.17) is 4.74 Å². The van der Waals surface area contributed by atoms with Crippen LogP contribution in [0.4, 0.5) is 4.79 Å². The lowest BCUT2D eigenvalue weighted by molar-refractivity contribution is 0.0364. The first-order valence-corrected chi connectivity index (χ1v) is 14.0. The number of nitrogens with one attached hydrogen (secondary N) is 2. The van der Waals surface area contributed by atoms with Crippen molar-refractivity contribution >= 4 is 6.03 Å². The normalized spacial score (nSPS) is 13.3. The number of carbonyl (C=O) groups excluding carboxylic acids is 1. The Bertz CT molecular complexity index is 1020. The quantitative estimate of drug-likeness (QED) is 0.337. The zero-order valence-electron chi connectivity index (χ0n) is 23.1. The molecule has 4 rings (SSSR count). The van der Waals surface area contributed by atoms with Crippen LogP contribution < -0.4 is 10.6 Å². The summed E-state index contributed by atoms with van der Waals surface area (Å²) < 4.78 is 5.45. The van der Waals surface area contributed by atoms with E-state index in [9.17, 15) is 4.79 Å². The SMILES string of the molecule is CC.O=C(NCc1ccccc1)N(CCCN1CCOCC1)Cc1ccc(CNCc2ccccc2)cc1. The van der Waals surface area contributed by atoms with Crippen LogP contribution in [-0.4, -0.2) is 55.2 Å². The molecule has 0 saturated carbocycles. The zero-order valence-corrected chi connectivity index (χ0v) is 23.1. The summed E-state index contributed by atoms with van der Waals surface area (Å²) in [5, 5.41) is 6.61. The van der Waals surface area contributed by atoms with E-state index in [1.165, 1.54) is 11.1 Å². The van der Waals surface area contributed by atoms with Crippen molar-refractivity contribution in [3.63, 3.8) is 0 Å². The highest BCUT2D eigenvalue weighted by atomic mass is 16.5. The van der Waals surface area contributed by atoms with Crippen LogP contribution in [-0.2, 0) is 30.9 Å². The van der Waals surface area contributed by atoms with Crippen LogP contribution in [0.3, 0.4) is 0 Å². The topological polar surface area (TPSA) is 56.8 Å². The maximum absolute atomic E-state index is 13.1. The average Bonchev–Trinajstić information content (AvgIpc) is 2.99. The Labute approximate surface area is 229 Å². The molecule has 0 unspecified atom stereocenters. The second-order valence-corrected chi connectivity index (χ2v) is 9.28. The maximum Gasteiger partial charge on any atom is 0.317 e. The first kappa shape index (κ1) is 29.4. The van der Waals surface area contributed by atoms with Crippen LogP contribution in [0, 0.1) is 0 Å². The summed E-state index contributed by atoms with van der Waals surface area (Å²) in [6.07, 6.45) is 0.945. The highest BCUT2D eigenvalue weighted by Gasteiger charge is 2.16. The minimum atomic E-state index is -0.0190. The van der Waals surface area contributed by atoms with Crippen molar-refractivity contribution in [2.45, 2.75) is 46.4 Å². The predicted molar refractivity (Wildman–Crippen MR) is 156 cm³/mol. The molecular weight excluding hydrogens is 472 g/mol. The van der Waals surface area contributed by atoms with Crippen molar-refractivity contribution in [3.05, 3.63) is 107 Å². The van der Waals surface area contributed by atoms with E-state index in [1.807, 2.05) is 55.1 Å². The van der Waals surface area contributed by atoms with Crippen LogP contribution in [0.15, 0.2) is 84.9 Å². The molecular formula is C32H44N4O2. The molecule has 3 aromatic rings. The molecule has 3 aromatic carbocycles. The highest BCUT2D eigenvalue weighted by Crippen LogP contribution is 2.10. The van der Waals surface area contributed by atoms with E-state index in [-0.39, 0.29) is 6.03 Å². The van der Waals surface area contributed by atoms with Gasteiger partial charge < -0.3 is 20.3 Å². The Balaban J connectivity index is 0.00000195. The number of nitrogens with zero attached hydrogens (tertiary/aromatic N) is 2. The Kier molecular flexibility index (Phi) is 13.4. The van der Waals surface area contributed by atoms with Crippen molar-refractivity contribution in [3.8, 4) is 0 Å². The van der Waals surface area contributed by atoms with E-state index < -0.39 is 0 Å². The van der Waals surface area contributed by atoms with Gasteiger partial charge in [-0.05, 0) is 28.7 Å². The third-order valence-electron chi connectivity index (χ3n) is 6.48. The van der Waals surface area contributed by atoms with Crippen molar-refractivity contribution in [2.24, 2.45) is 0 Å². The van der Waals surface area contributed by atoms with Crippen molar-refractivity contribution in [1.29, 1.82) is 0 Å². The molecule has 2 N–H and O–H groups in total. The number of ether oxygens (including phenoxy) is 1. The molecule has 0 radical (unpaired) electrons. The fourth-order valence-corrected chi connectivity index (χ4v) is 4.38. The molecule has 38 heavy (non-hydrogen) atoms. The molecule has 0 bridgehead atoms. The van der Waals surface area contributed by atoms with Gasteiger partial charge in [0.15, 0.2) is 0 Å². The molecule has 1 saturated heterocycles. The molecule has 0 spiro atoms. The van der Waals surface area contributed by atoms with Gasteiger partial charge in [0.1, 0.15) is 0 Å². The van der Waals surface area contributed by atoms with Crippen LogP contribution in [0.25, 0.3) is 0 Å². The van der Waals surface area contributed by atoms with Gasteiger partial charge in [-0.1, -0.05) is 98.8 Å². The summed E-state index contributed by atoms with van der Waals surface area (Å²) in [5.74, 6) is 0. The zero-order chi connectivity index (χ0) is 26.8. The van der Waals surface area contributed by atoms with Crippen LogP contribution in [0.1, 0.15) is 42.5 Å². The van der Waals surface area contributed by atoms with E-state index in [0.717, 1.165) is 70.0 Å². The lowest BCUT2D eigenvalue weighted by Crippen LogP contribution is -2.42. The van der Waals surface area contributed by atoms with E-state index in [2.05, 4.69) is 64.1 Å². The third-order valence-corrected chi connectivity index (χ3v) is 6.48. The minimum absolute atomic E-state index is 0.0190. The summed E-state index contributed by atoms with van der Waals surface area (Å²) in [4.78, 5) is 17.5. The van der Waals surface area contributed by atoms with Gasteiger partial charge in [-0.3, -0.25) is 4.90 Å². The molecule has 6 nitrogen and oxygen atoms in total. The van der Waals surface area contributed by atoms with Gasteiger partial charge in [-0.2, -0.15) is 0 Å². The van der Waals surface area contributed by atoms with Crippen LogP contribution in [0.2, 0.25) is 0 Å². The summed E-state index contributed by atoms with van der Waals surface area (Å²) in [5.41, 5.74) is 4.76. The molecule has 2 amide bonds. The maximum atomic E-state index is 13.1. The first-order chi connectivity index (χ1) is 18.8. The number of morpholine rings is 1. The molecule has 6 heteroatoms. The Morgan fingerprint density at radius 3 is 1.89 bits per heavy atom. The molecule has 204 valence electrons. The standard InChI is InChI=1S/C30H38N4O2.C2H6/c35-30(32-24-27-10-5-2-6-11-27)34(17-7-16-33-18-20-36-21-19-33)25-29-14-12-28(13-15-29)23-31-22-26-8-3-1-4-9-26;1-2/h1-6,8-15,31H,7,16-25H2,(H,32,35);1-2H3. The van der Waals surface area contributed by atoms with Gasteiger partial charge in [-0.15, -0.1) is 0 Å². The third kappa shape index (κ3) is 10.7. The number of benzene rings is 3. The summed E-state index contributed by atoms with van der Waals surface area (Å²) >= 11 is 0. The second kappa shape index (κ2) is 17.3. The number of hydrogen-bond acceptors (Lipinski definition) is 4. The smallest absolute Gasteiger partial charge is 0.317 e. The van der Waals surface area contributed by atoms with Gasteiger partial charge in [0, 0.05) is 52.4 Å². The minimum Gasteiger partial charge on any atom is -0.379 e. The molecule has 1 fully saturated rings. The van der Waals surface area contributed by atoms with Crippen molar-refractivity contribution in [2.75, 3.05) is 39.4 Å². The average molecular weight is 517 g/mol. The fraction of sp³-hybridized carbons (Fsp3) is 0.406. The largest absolute Gasteiger partial charge is 0.379 e. The summed E-state index contributed by atoms with van der Waals surface area (Å²) in [6.45, 7) is 12.0. The number of urea groups is 1.